The second-order valence-electron chi connectivity index (χ2n) is 3.96. The molecule has 0 aliphatic heterocycles. The van der Waals surface area contributed by atoms with Crippen molar-refractivity contribution in [3.05, 3.63) is 34.9 Å². The summed E-state index contributed by atoms with van der Waals surface area (Å²) in [5, 5.41) is 0. The third-order valence-corrected chi connectivity index (χ3v) is 2.88. The predicted molar refractivity (Wildman–Crippen MR) is 71.1 cm³/mol. The average Bonchev–Trinajstić information content (AvgIpc) is 2.27. The Bertz CT molecular complexity index is 251. The van der Waals surface area contributed by atoms with E-state index >= 15 is 0 Å². The molecule has 0 heterocycles. The standard InChI is InChI=1S/C15H26/c1-6-10-15(13(5)7-2)12-11-14(8-3)9-4/h8,11-12H,6-7,9-10H2,1-5H3/b12-11-,14-8-,15-13-. The molecule has 0 atom stereocenters. The quantitative estimate of drug-likeness (QED) is 0.509. The van der Waals surface area contributed by atoms with Gasteiger partial charge in [0, 0.05) is 0 Å². The van der Waals surface area contributed by atoms with Gasteiger partial charge in [0.05, 0.1) is 0 Å². The Morgan fingerprint density at radius 2 is 1.67 bits per heavy atom. The van der Waals surface area contributed by atoms with Crippen LogP contribution in [0.4, 0.5) is 0 Å². The zero-order valence-corrected chi connectivity index (χ0v) is 11.1. The molecule has 0 nitrogen and oxygen atoms in total. The summed E-state index contributed by atoms with van der Waals surface area (Å²) in [4.78, 5) is 0. The highest BCUT2D eigenvalue weighted by Gasteiger charge is 1.96. The molecular weight excluding hydrogens is 180 g/mol. The normalized spacial score (nSPS) is 14.6. The highest BCUT2D eigenvalue weighted by molar-refractivity contribution is 5.30. The van der Waals surface area contributed by atoms with Crippen LogP contribution in [0, 0.1) is 0 Å². The van der Waals surface area contributed by atoms with E-state index in [1.54, 1.807) is 0 Å². The van der Waals surface area contributed by atoms with Crippen molar-refractivity contribution in [1.29, 1.82) is 0 Å². The Balaban J connectivity index is 4.69. The van der Waals surface area contributed by atoms with Crippen LogP contribution >= 0.6 is 0 Å². The Kier molecular flexibility index (Phi) is 8.08. The molecule has 0 aliphatic carbocycles. The van der Waals surface area contributed by atoms with Crippen LogP contribution in [-0.2, 0) is 0 Å². The first-order chi connectivity index (χ1) is 7.19. The fourth-order valence-corrected chi connectivity index (χ4v) is 1.56. The number of hydrogen-bond donors (Lipinski definition) is 0. The molecule has 0 saturated heterocycles. The fourth-order valence-electron chi connectivity index (χ4n) is 1.56. The Labute approximate surface area is 95.8 Å². The first-order valence-corrected chi connectivity index (χ1v) is 6.21. The molecule has 0 radical (unpaired) electrons. The van der Waals surface area contributed by atoms with E-state index in [-0.39, 0.29) is 0 Å². The maximum Gasteiger partial charge on any atom is -0.0282 e. The van der Waals surface area contributed by atoms with Crippen LogP contribution in [0.1, 0.15) is 60.3 Å². The van der Waals surface area contributed by atoms with Gasteiger partial charge in [-0.1, -0.05) is 56.6 Å². The number of allylic oxidation sites excluding steroid dienone is 6. The van der Waals surface area contributed by atoms with Crippen LogP contribution in [-0.4, -0.2) is 0 Å². The first kappa shape index (κ1) is 14.2. The Morgan fingerprint density at radius 1 is 1.00 bits per heavy atom. The molecule has 0 saturated carbocycles. The van der Waals surface area contributed by atoms with E-state index in [0.29, 0.717) is 0 Å². The second-order valence-corrected chi connectivity index (χ2v) is 3.96. The van der Waals surface area contributed by atoms with Gasteiger partial charge in [0.1, 0.15) is 0 Å². The highest BCUT2D eigenvalue weighted by atomic mass is 14.0. The van der Waals surface area contributed by atoms with Crippen LogP contribution < -0.4 is 0 Å². The topological polar surface area (TPSA) is 0 Å². The molecule has 0 bridgehead atoms. The minimum Gasteiger partial charge on any atom is -0.0845 e. The van der Waals surface area contributed by atoms with E-state index in [2.05, 4.69) is 52.8 Å². The molecule has 0 aromatic heterocycles. The van der Waals surface area contributed by atoms with Gasteiger partial charge in [0.15, 0.2) is 0 Å². The van der Waals surface area contributed by atoms with Gasteiger partial charge in [0.2, 0.25) is 0 Å². The highest BCUT2D eigenvalue weighted by Crippen LogP contribution is 2.16. The summed E-state index contributed by atoms with van der Waals surface area (Å²) < 4.78 is 0. The van der Waals surface area contributed by atoms with E-state index in [0.717, 1.165) is 12.8 Å². The summed E-state index contributed by atoms with van der Waals surface area (Å²) in [6.45, 7) is 11.0. The minimum atomic E-state index is 1.12. The lowest BCUT2D eigenvalue weighted by atomic mass is 10.0. The van der Waals surface area contributed by atoms with Crippen LogP contribution in [0.5, 0.6) is 0 Å². The van der Waals surface area contributed by atoms with Crippen molar-refractivity contribution in [2.75, 3.05) is 0 Å². The van der Waals surface area contributed by atoms with E-state index in [4.69, 9.17) is 0 Å². The Morgan fingerprint density at radius 3 is 2.07 bits per heavy atom. The molecule has 0 aromatic rings. The summed E-state index contributed by atoms with van der Waals surface area (Å²) >= 11 is 0. The smallest absolute Gasteiger partial charge is 0.0282 e. The van der Waals surface area contributed by atoms with Gasteiger partial charge in [-0.2, -0.15) is 0 Å². The summed E-state index contributed by atoms with van der Waals surface area (Å²) in [7, 11) is 0. The fraction of sp³-hybridized carbons (Fsp3) is 0.600. The molecule has 0 aromatic carbocycles. The largest absolute Gasteiger partial charge is 0.0845 e. The third kappa shape index (κ3) is 5.61. The molecule has 0 amide bonds. The van der Waals surface area contributed by atoms with Crippen molar-refractivity contribution in [3.8, 4) is 0 Å². The number of hydrogen-bond acceptors (Lipinski definition) is 0. The zero-order chi connectivity index (χ0) is 11.7. The third-order valence-electron chi connectivity index (χ3n) is 2.88. The molecule has 0 aliphatic rings. The predicted octanol–water partition coefficient (Wildman–Crippen LogP) is 5.43. The van der Waals surface area contributed by atoms with Crippen molar-refractivity contribution >= 4 is 0 Å². The zero-order valence-electron chi connectivity index (χ0n) is 11.1. The molecular formula is C15H26. The van der Waals surface area contributed by atoms with Gasteiger partial charge in [-0.15, -0.1) is 0 Å². The lowest BCUT2D eigenvalue weighted by molar-refractivity contribution is 0.896. The summed E-state index contributed by atoms with van der Waals surface area (Å²) in [6.07, 6.45) is 11.5. The van der Waals surface area contributed by atoms with Crippen molar-refractivity contribution < 1.29 is 0 Å². The summed E-state index contributed by atoms with van der Waals surface area (Å²) in [5.74, 6) is 0. The van der Waals surface area contributed by atoms with Crippen LogP contribution in [0.25, 0.3) is 0 Å². The SMILES string of the molecule is C\C=C(/C=C\C(CCC)=C(\C)CC)CC. The molecule has 86 valence electrons. The monoisotopic (exact) mass is 206 g/mol. The molecule has 0 unspecified atom stereocenters. The molecule has 0 spiro atoms. The number of rotatable bonds is 6. The van der Waals surface area contributed by atoms with Gasteiger partial charge >= 0.3 is 0 Å². The van der Waals surface area contributed by atoms with E-state index in [1.165, 1.54) is 29.6 Å². The van der Waals surface area contributed by atoms with Crippen LogP contribution in [0.15, 0.2) is 34.9 Å². The van der Waals surface area contributed by atoms with Crippen molar-refractivity contribution in [1.82, 2.24) is 0 Å². The van der Waals surface area contributed by atoms with Gasteiger partial charge in [0.25, 0.3) is 0 Å². The first-order valence-electron chi connectivity index (χ1n) is 6.21. The molecule has 0 rings (SSSR count). The van der Waals surface area contributed by atoms with Crippen molar-refractivity contribution in [2.24, 2.45) is 0 Å². The van der Waals surface area contributed by atoms with Crippen molar-refractivity contribution in [2.45, 2.75) is 60.3 Å². The lowest BCUT2D eigenvalue weighted by Crippen LogP contribution is -1.85. The Hall–Kier alpha value is -0.780. The van der Waals surface area contributed by atoms with Gasteiger partial charge in [-0.25, -0.2) is 0 Å². The van der Waals surface area contributed by atoms with Gasteiger partial charge in [-0.05, 0) is 38.7 Å². The lowest BCUT2D eigenvalue weighted by Gasteiger charge is -2.05. The van der Waals surface area contributed by atoms with Crippen LogP contribution in [0.2, 0.25) is 0 Å². The van der Waals surface area contributed by atoms with Gasteiger partial charge in [-0.3, -0.25) is 0 Å². The second kappa shape index (κ2) is 8.52. The maximum atomic E-state index is 2.31. The van der Waals surface area contributed by atoms with Crippen LogP contribution in [0.3, 0.4) is 0 Å². The molecule has 0 heteroatoms. The van der Waals surface area contributed by atoms with Gasteiger partial charge < -0.3 is 0 Å². The van der Waals surface area contributed by atoms with E-state index < -0.39 is 0 Å². The van der Waals surface area contributed by atoms with Crippen molar-refractivity contribution in [3.63, 3.8) is 0 Å². The van der Waals surface area contributed by atoms with E-state index in [1.807, 2.05) is 0 Å². The summed E-state index contributed by atoms with van der Waals surface area (Å²) in [5.41, 5.74) is 4.47. The maximum absolute atomic E-state index is 2.31. The van der Waals surface area contributed by atoms with E-state index in [9.17, 15) is 0 Å². The summed E-state index contributed by atoms with van der Waals surface area (Å²) in [6, 6.07) is 0. The minimum absolute atomic E-state index is 1.12. The molecule has 0 fully saturated rings. The molecule has 0 N–H and O–H groups in total. The average molecular weight is 206 g/mol. The molecule has 15 heavy (non-hydrogen) atoms.